The average molecular weight is 507 g/mol. The van der Waals surface area contributed by atoms with Crippen LogP contribution >= 0.6 is 0 Å². The summed E-state index contributed by atoms with van der Waals surface area (Å²) in [7, 11) is 0. The number of pyridine rings is 1. The molecule has 1 atom stereocenters. The number of nitrogens with zero attached hydrogens (tertiary/aromatic N) is 5. The second-order valence-corrected chi connectivity index (χ2v) is 9.97. The number of H-pyrrole nitrogens is 1. The van der Waals surface area contributed by atoms with E-state index in [1.165, 1.54) is 16.7 Å². The summed E-state index contributed by atoms with van der Waals surface area (Å²) in [5, 5.41) is 13.9. The molecule has 0 spiro atoms. The van der Waals surface area contributed by atoms with Crippen molar-refractivity contribution in [3.05, 3.63) is 123 Å². The van der Waals surface area contributed by atoms with Gasteiger partial charge in [0.15, 0.2) is 5.82 Å². The topological polar surface area (TPSA) is 79.7 Å². The Morgan fingerprint density at radius 2 is 1.71 bits per heavy atom. The van der Waals surface area contributed by atoms with E-state index < -0.39 is 0 Å². The SMILES string of the molecule is CC[C@@H](c1nnnn1CCc1ccccc1)N(Cc1ccc(C)cc1)Cc1cc2cccc(C)c2[nH]c1=O. The molecule has 0 aliphatic rings. The molecule has 2 heterocycles. The third-order valence-corrected chi connectivity index (χ3v) is 7.18. The zero-order valence-electron chi connectivity index (χ0n) is 22.3. The van der Waals surface area contributed by atoms with Crippen LogP contribution in [0.3, 0.4) is 0 Å². The van der Waals surface area contributed by atoms with Crippen LogP contribution in [0, 0.1) is 13.8 Å². The Kier molecular flexibility index (Phi) is 7.75. The van der Waals surface area contributed by atoms with Crippen molar-refractivity contribution < 1.29 is 0 Å². The number of rotatable bonds is 10. The van der Waals surface area contributed by atoms with Crippen LogP contribution in [0.4, 0.5) is 0 Å². The molecule has 0 bridgehead atoms. The number of hydrogen-bond donors (Lipinski definition) is 1. The fraction of sp³-hybridized carbons (Fsp3) is 0.290. The molecule has 5 rings (SSSR count). The molecule has 0 unspecified atom stereocenters. The Labute approximate surface area is 223 Å². The zero-order valence-corrected chi connectivity index (χ0v) is 22.3. The fourth-order valence-corrected chi connectivity index (χ4v) is 5.06. The first-order valence-electron chi connectivity index (χ1n) is 13.2. The van der Waals surface area contributed by atoms with Crippen molar-refractivity contribution in [2.45, 2.75) is 59.3 Å². The van der Waals surface area contributed by atoms with Crippen molar-refractivity contribution in [3.63, 3.8) is 0 Å². The third kappa shape index (κ3) is 5.73. The first-order valence-corrected chi connectivity index (χ1v) is 13.2. The monoisotopic (exact) mass is 506 g/mol. The minimum Gasteiger partial charge on any atom is -0.321 e. The van der Waals surface area contributed by atoms with E-state index in [1.807, 2.05) is 41.9 Å². The Bertz CT molecular complexity index is 1560. The molecule has 1 N–H and O–H groups in total. The summed E-state index contributed by atoms with van der Waals surface area (Å²) in [6.45, 7) is 8.11. The van der Waals surface area contributed by atoms with Gasteiger partial charge in [-0.05, 0) is 65.3 Å². The lowest BCUT2D eigenvalue weighted by molar-refractivity contribution is 0.160. The van der Waals surface area contributed by atoms with Gasteiger partial charge in [-0.1, -0.05) is 85.3 Å². The van der Waals surface area contributed by atoms with Crippen molar-refractivity contribution in [2.75, 3.05) is 0 Å². The van der Waals surface area contributed by atoms with E-state index in [0.717, 1.165) is 40.7 Å². The summed E-state index contributed by atoms with van der Waals surface area (Å²) >= 11 is 0. The largest absolute Gasteiger partial charge is 0.321 e. The highest BCUT2D eigenvalue weighted by Gasteiger charge is 2.26. The highest BCUT2D eigenvalue weighted by molar-refractivity contribution is 5.81. The number of nitrogens with one attached hydrogen (secondary N) is 1. The molecule has 3 aromatic carbocycles. The van der Waals surface area contributed by atoms with Crippen LogP contribution in [0.25, 0.3) is 10.9 Å². The maximum atomic E-state index is 13.2. The standard InChI is InChI=1S/C31H34N6O/c1-4-28(30-33-34-35-37(30)18-17-24-10-6-5-7-11-24)36(20-25-15-13-22(2)14-16-25)21-27-19-26-12-8-9-23(3)29(26)32-31(27)38/h5-16,19,28H,4,17-18,20-21H2,1-3H3,(H,32,38)/t28-/m0/s1. The number of hydrogen-bond acceptors (Lipinski definition) is 5. The number of benzene rings is 3. The van der Waals surface area contributed by atoms with Gasteiger partial charge in [-0.3, -0.25) is 9.69 Å². The fourth-order valence-electron chi connectivity index (χ4n) is 5.06. The second kappa shape index (κ2) is 11.5. The van der Waals surface area contributed by atoms with Crippen molar-refractivity contribution in [1.82, 2.24) is 30.1 Å². The molecule has 38 heavy (non-hydrogen) atoms. The van der Waals surface area contributed by atoms with E-state index in [1.54, 1.807) is 0 Å². The summed E-state index contributed by atoms with van der Waals surface area (Å²) in [5.74, 6) is 0.823. The minimum atomic E-state index is -0.0605. The number of para-hydroxylation sites is 1. The molecule has 0 saturated carbocycles. The summed E-state index contributed by atoms with van der Waals surface area (Å²) in [6, 6.07) is 27.0. The molecule has 0 radical (unpaired) electrons. The summed E-state index contributed by atoms with van der Waals surface area (Å²) in [5.41, 5.74) is 6.28. The maximum Gasteiger partial charge on any atom is 0.252 e. The van der Waals surface area contributed by atoms with Crippen molar-refractivity contribution in [3.8, 4) is 0 Å². The molecule has 194 valence electrons. The first-order chi connectivity index (χ1) is 18.5. The van der Waals surface area contributed by atoms with E-state index in [2.05, 4.69) is 87.8 Å². The average Bonchev–Trinajstić information content (AvgIpc) is 3.39. The number of tetrazole rings is 1. The molecule has 0 saturated heterocycles. The molecule has 7 nitrogen and oxygen atoms in total. The molecule has 0 fully saturated rings. The highest BCUT2D eigenvalue weighted by Crippen LogP contribution is 2.27. The molecule has 0 aliphatic heterocycles. The summed E-state index contributed by atoms with van der Waals surface area (Å²) < 4.78 is 1.91. The van der Waals surface area contributed by atoms with Gasteiger partial charge in [0, 0.05) is 25.2 Å². The Morgan fingerprint density at radius 3 is 2.47 bits per heavy atom. The van der Waals surface area contributed by atoms with Gasteiger partial charge in [0.25, 0.3) is 5.56 Å². The number of fused-ring (bicyclic) bond motifs is 1. The van der Waals surface area contributed by atoms with Gasteiger partial charge in [0.1, 0.15) is 0 Å². The van der Waals surface area contributed by atoms with Gasteiger partial charge in [-0.2, -0.15) is 0 Å². The molecule has 0 amide bonds. The van der Waals surface area contributed by atoms with Crippen LogP contribution in [-0.2, 0) is 26.1 Å². The van der Waals surface area contributed by atoms with Crippen molar-refractivity contribution in [1.29, 1.82) is 0 Å². The lowest BCUT2D eigenvalue weighted by Gasteiger charge is -2.30. The van der Waals surface area contributed by atoms with E-state index in [0.29, 0.717) is 19.6 Å². The van der Waals surface area contributed by atoms with Crippen LogP contribution in [0.15, 0.2) is 83.7 Å². The predicted octanol–water partition coefficient (Wildman–Crippen LogP) is 5.53. The van der Waals surface area contributed by atoms with Crippen LogP contribution in [0.1, 0.15) is 53.0 Å². The van der Waals surface area contributed by atoms with Gasteiger partial charge in [0.05, 0.1) is 11.6 Å². The van der Waals surface area contributed by atoms with Crippen LogP contribution in [0.2, 0.25) is 0 Å². The lowest BCUT2D eigenvalue weighted by atomic mass is 10.1. The Hall–Kier alpha value is -4.10. The number of aromatic nitrogens is 5. The van der Waals surface area contributed by atoms with Gasteiger partial charge >= 0.3 is 0 Å². The summed E-state index contributed by atoms with van der Waals surface area (Å²) in [6.07, 6.45) is 1.65. The molecule has 7 heteroatoms. The second-order valence-electron chi connectivity index (χ2n) is 9.97. The van der Waals surface area contributed by atoms with E-state index in [-0.39, 0.29) is 11.6 Å². The summed E-state index contributed by atoms with van der Waals surface area (Å²) in [4.78, 5) is 18.7. The predicted molar refractivity (Wildman–Crippen MR) is 151 cm³/mol. The van der Waals surface area contributed by atoms with Gasteiger partial charge in [-0.15, -0.1) is 5.10 Å². The molecular formula is C31H34N6O. The lowest BCUT2D eigenvalue weighted by Crippen LogP contribution is -2.32. The van der Waals surface area contributed by atoms with Crippen LogP contribution in [0.5, 0.6) is 0 Å². The first kappa shape index (κ1) is 25.5. The Morgan fingerprint density at radius 1 is 0.921 bits per heavy atom. The number of aryl methyl sites for hydroxylation is 4. The smallest absolute Gasteiger partial charge is 0.252 e. The van der Waals surface area contributed by atoms with Crippen LogP contribution < -0.4 is 5.56 Å². The molecule has 2 aromatic heterocycles. The molecular weight excluding hydrogens is 472 g/mol. The van der Waals surface area contributed by atoms with Gasteiger partial charge < -0.3 is 4.98 Å². The maximum absolute atomic E-state index is 13.2. The normalized spacial score (nSPS) is 12.3. The highest BCUT2D eigenvalue weighted by atomic mass is 16.1. The quantitative estimate of drug-likeness (QED) is 0.270. The molecule has 0 aliphatic carbocycles. The van der Waals surface area contributed by atoms with Crippen LogP contribution in [-0.4, -0.2) is 30.1 Å². The van der Waals surface area contributed by atoms with Crippen molar-refractivity contribution >= 4 is 10.9 Å². The van der Waals surface area contributed by atoms with E-state index in [4.69, 9.17) is 0 Å². The van der Waals surface area contributed by atoms with Crippen molar-refractivity contribution in [2.24, 2.45) is 0 Å². The van der Waals surface area contributed by atoms with E-state index in [9.17, 15) is 4.79 Å². The minimum absolute atomic E-state index is 0.0563. The van der Waals surface area contributed by atoms with Gasteiger partial charge in [0.2, 0.25) is 0 Å². The van der Waals surface area contributed by atoms with Gasteiger partial charge in [-0.25, -0.2) is 4.68 Å². The van der Waals surface area contributed by atoms with E-state index >= 15 is 0 Å². The number of aromatic amines is 1. The zero-order chi connectivity index (χ0) is 26.5. The third-order valence-electron chi connectivity index (χ3n) is 7.18. The molecule has 5 aromatic rings. The Balaban J connectivity index is 1.48.